The molecule has 2 rings (SSSR count). The van der Waals surface area contributed by atoms with Gasteiger partial charge in [-0.05, 0) is 42.2 Å². The third kappa shape index (κ3) is 1.34. The van der Waals surface area contributed by atoms with Crippen molar-refractivity contribution in [3.05, 3.63) is 21.9 Å². The molecular formula is C10H14S. The first-order chi connectivity index (χ1) is 5.40. The van der Waals surface area contributed by atoms with Crippen molar-refractivity contribution in [1.29, 1.82) is 0 Å². The second kappa shape index (κ2) is 2.98. The maximum Gasteiger partial charge on any atom is 0.00799 e. The number of thiophene rings is 1. The quantitative estimate of drug-likeness (QED) is 0.600. The fourth-order valence-corrected chi connectivity index (χ4v) is 2.89. The minimum Gasteiger partial charge on any atom is -0.149 e. The van der Waals surface area contributed by atoms with Gasteiger partial charge in [-0.15, -0.1) is 11.3 Å². The summed E-state index contributed by atoms with van der Waals surface area (Å²) in [5.74, 6) is 0.973. The van der Waals surface area contributed by atoms with Crippen LogP contribution in [0.15, 0.2) is 11.4 Å². The van der Waals surface area contributed by atoms with Gasteiger partial charge < -0.3 is 0 Å². The third-order valence-electron chi connectivity index (χ3n) is 2.71. The first-order valence-corrected chi connectivity index (χ1v) is 5.33. The van der Waals surface area contributed by atoms with Crippen LogP contribution in [0.25, 0.3) is 0 Å². The summed E-state index contributed by atoms with van der Waals surface area (Å²) in [7, 11) is 0. The van der Waals surface area contributed by atoms with E-state index in [4.69, 9.17) is 0 Å². The van der Waals surface area contributed by atoms with Crippen molar-refractivity contribution in [3.8, 4) is 0 Å². The Morgan fingerprint density at radius 3 is 3.36 bits per heavy atom. The number of hydrogen-bond donors (Lipinski definition) is 0. The Morgan fingerprint density at radius 2 is 2.55 bits per heavy atom. The van der Waals surface area contributed by atoms with E-state index in [1.807, 2.05) is 11.3 Å². The van der Waals surface area contributed by atoms with E-state index in [1.54, 1.807) is 10.4 Å². The summed E-state index contributed by atoms with van der Waals surface area (Å²) in [5, 5.41) is 2.24. The number of aryl methyl sites for hydroxylation is 1. The van der Waals surface area contributed by atoms with Gasteiger partial charge in [-0.1, -0.05) is 13.3 Å². The van der Waals surface area contributed by atoms with Crippen LogP contribution in [0.1, 0.15) is 30.2 Å². The van der Waals surface area contributed by atoms with Crippen molar-refractivity contribution < 1.29 is 0 Å². The molecule has 0 radical (unpaired) electrons. The fourth-order valence-electron chi connectivity index (χ4n) is 1.84. The van der Waals surface area contributed by atoms with Crippen LogP contribution < -0.4 is 0 Å². The minimum absolute atomic E-state index is 0.973. The Hall–Kier alpha value is -0.300. The Labute approximate surface area is 72.3 Å². The predicted molar refractivity (Wildman–Crippen MR) is 50.1 cm³/mol. The molecule has 0 N–H and O–H groups in total. The van der Waals surface area contributed by atoms with Gasteiger partial charge >= 0.3 is 0 Å². The lowest BCUT2D eigenvalue weighted by atomic mass is 9.87. The fraction of sp³-hybridized carbons (Fsp3) is 0.600. The van der Waals surface area contributed by atoms with Gasteiger partial charge in [0.2, 0.25) is 0 Å². The summed E-state index contributed by atoms with van der Waals surface area (Å²) >= 11 is 1.94. The molecule has 0 bridgehead atoms. The van der Waals surface area contributed by atoms with Crippen molar-refractivity contribution in [1.82, 2.24) is 0 Å². The van der Waals surface area contributed by atoms with Gasteiger partial charge in [0.25, 0.3) is 0 Å². The van der Waals surface area contributed by atoms with Crippen LogP contribution in [0.5, 0.6) is 0 Å². The van der Waals surface area contributed by atoms with E-state index in [0.717, 1.165) is 5.92 Å². The van der Waals surface area contributed by atoms with Gasteiger partial charge in [0.05, 0.1) is 0 Å². The Bertz CT molecular complexity index is 237. The summed E-state index contributed by atoms with van der Waals surface area (Å²) in [5.41, 5.74) is 1.62. The van der Waals surface area contributed by atoms with Gasteiger partial charge in [-0.3, -0.25) is 0 Å². The summed E-state index contributed by atoms with van der Waals surface area (Å²) in [6.07, 6.45) is 5.46. The highest BCUT2D eigenvalue weighted by molar-refractivity contribution is 7.10. The molecule has 0 saturated heterocycles. The monoisotopic (exact) mass is 166 g/mol. The highest BCUT2D eigenvalue weighted by Crippen LogP contribution is 2.30. The largest absolute Gasteiger partial charge is 0.149 e. The molecule has 11 heavy (non-hydrogen) atoms. The topological polar surface area (TPSA) is 0 Å². The highest BCUT2D eigenvalue weighted by Gasteiger charge is 2.17. The molecule has 1 aliphatic rings. The highest BCUT2D eigenvalue weighted by atomic mass is 32.1. The maximum atomic E-state index is 2.31. The molecule has 0 spiro atoms. The van der Waals surface area contributed by atoms with Gasteiger partial charge in [0, 0.05) is 4.88 Å². The molecule has 1 aromatic heterocycles. The second-order valence-corrected chi connectivity index (χ2v) is 4.39. The molecule has 1 aliphatic carbocycles. The number of hydrogen-bond acceptors (Lipinski definition) is 1. The Morgan fingerprint density at radius 1 is 1.64 bits per heavy atom. The van der Waals surface area contributed by atoms with Crippen LogP contribution in [0.3, 0.4) is 0 Å². The Balaban J connectivity index is 2.18. The SMILES string of the molecule is CCC1CCc2ccsc2C1. The van der Waals surface area contributed by atoms with Gasteiger partial charge in [-0.25, -0.2) is 0 Å². The molecule has 0 aromatic carbocycles. The molecule has 0 aliphatic heterocycles. The van der Waals surface area contributed by atoms with Gasteiger partial charge in [-0.2, -0.15) is 0 Å². The van der Waals surface area contributed by atoms with E-state index in [-0.39, 0.29) is 0 Å². The third-order valence-corrected chi connectivity index (χ3v) is 3.70. The molecule has 1 aromatic rings. The Kier molecular flexibility index (Phi) is 1.99. The van der Waals surface area contributed by atoms with Crippen molar-refractivity contribution in [2.24, 2.45) is 5.92 Å². The molecule has 1 unspecified atom stereocenters. The van der Waals surface area contributed by atoms with Crippen molar-refractivity contribution in [2.75, 3.05) is 0 Å². The van der Waals surface area contributed by atoms with E-state index in [0.29, 0.717) is 0 Å². The molecule has 0 saturated carbocycles. The van der Waals surface area contributed by atoms with Crippen LogP contribution in [0.4, 0.5) is 0 Å². The summed E-state index contributed by atoms with van der Waals surface area (Å²) in [6.45, 7) is 2.31. The molecule has 1 heteroatoms. The van der Waals surface area contributed by atoms with E-state index in [9.17, 15) is 0 Å². The van der Waals surface area contributed by atoms with Crippen molar-refractivity contribution in [3.63, 3.8) is 0 Å². The van der Waals surface area contributed by atoms with Crippen LogP contribution in [-0.4, -0.2) is 0 Å². The standard InChI is InChI=1S/C10H14S/c1-2-8-3-4-9-5-6-11-10(9)7-8/h5-6,8H,2-4,7H2,1H3. The lowest BCUT2D eigenvalue weighted by Gasteiger charge is -2.19. The molecule has 0 fully saturated rings. The smallest absolute Gasteiger partial charge is 0.00799 e. The maximum absolute atomic E-state index is 2.31. The van der Waals surface area contributed by atoms with E-state index in [2.05, 4.69) is 18.4 Å². The first kappa shape index (κ1) is 7.35. The summed E-state index contributed by atoms with van der Waals surface area (Å²) in [4.78, 5) is 1.66. The predicted octanol–water partition coefficient (Wildman–Crippen LogP) is 3.26. The molecule has 60 valence electrons. The molecule has 1 atom stereocenters. The van der Waals surface area contributed by atoms with E-state index in [1.165, 1.54) is 25.7 Å². The summed E-state index contributed by atoms with van der Waals surface area (Å²) in [6, 6.07) is 2.30. The zero-order valence-electron chi connectivity index (χ0n) is 6.97. The van der Waals surface area contributed by atoms with Crippen LogP contribution in [0.2, 0.25) is 0 Å². The van der Waals surface area contributed by atoms with Gasteiger partial charge in [0.1, 0.15) is 0 Å². The van der Waals surface area contributed by atoms with Gasteiger partial charge in [0.15, 0.2) is 0 Å². The van der Waals surface area contributed by atoms with Crippen LogP contribution in [-0.2, 0) is 12.8 Å². The lowest BCUT2D eigenvalue weighted by Crippen LogP contribution is -2.10. The normalized spacial score (nSPS) is 23.2. The zero-order valence-corrected chi connectivity index (χ0v) is 7.79. The van der Waals surface area contributed by atoms with E-state index < -0.39 is 0 Å². The van der Waals surface area contributed by atoms with Crippen molar-refractivity contribution in [2.45, 2.75) is 32.6 Å². The van der Waals surface area contributed by atoms with Crippen LogP contribution in [0, 0.1) is 5.92 Å². The second-order valence-electron chi connectivity index (χ2n) is 3.39. The molecular weight excluding hydrogens is 152 g/mol. The average molecular weight is 166 g/mol. The molecule has 0 amide bonds. The van der Waals surface area contributed by atoms with Crippen LogP contribution >= 0.6 is 11.3 Å². The minimum atomic E-state index is 0.973. The molecule has 1 heterocycles. The average Bonchev–Trinajstić information content (AvgIpc) is 2.50. The number of rotatable bonds is 1. The summed E-state index contributed by atoms with van der Waals surface area (Å²) < 4.78 is 0. The molecule has 0 nitrogen and oxygen atoms in total. The van der Waals surface area contributed by atoms with E-state index >= 15 is 0 Å². The first-order valence-electron chi connectivity index (χ1n) is 4.45. The lowest BCUT2D eigenvalue weighted by molar-refractivity contribution is 0.450. The number of fused-ring (bicyclic) bond motifs is 1. The zero-order chi connectivity index (χ0) is 7.68. The van der Waals surface area contributed by atoms with Crippen molar-refractivity contribution >= 4 is 11.3 Å².